The largest absolute Gasteiger partial charge is 0.481 e. The first-order valence-electron chi connectivity index (χ1n) is 6.10. The smallest absolute Gasteiger partial charge is 0.311 e. The van der Waals surface area contributed by atoms with Gasteiger partial charge in [0.05, 0.1) is 5.92 Å². The highest BCUT2D eigenvalue weighted by Crippen LogP contribution is 2.24. The second-order valence-corrected chi connectivity index (χ2v) is 5.07. The molecule has 0 radical (unpaired) electrons. The summed E-state index contributed by atoms with van der Waals surface area (Å²) in [5.41, 5.74) is 2.91. The van der Waals surface area contributed by atoms with Gasteiger partial charge in [0.25, 0.3) is 0 Å². The lowest BCUT2D eigenvalue weighted by molar-refractivity contribution is -0.138. The molecule has 0 saturated carbocycles. The summed E-state index contributed by atoms with van der Waals surface area (Å²) in [6.07, 6.45) is 0.468. The van der Waals surface area contributed by atoms with E-state index in [1.54, 1.807) is 24.3 Å². The highest BCUT2D eigenvalue weighted by Gasteiger charge is 2.20. The van der Waals surface area contributed by atoms with Crippen LogP contribution in [0.4, 0.5) is 0 Å². The zero-order chi connectivity index (χ0) is 13.8. The van der Waals surface area contributed by atoms with Crippen molar-refractivity contribution in [2.24, 2.45) is 0 Å². The van der Waals surface area contributed by atoms with E-state index in [2.05, 4.69) is 0 Å². The molecule has 3 heteroatoms. The lowest BCUT2D eigenvalue weighted by atomic mass is 9.92. The first kappa shape index (κ1) is 13.6. The van der Waals surface area contributed by atoms with Crippen molar-refractivity contribution in [1.29, 1.82) is 0 Å². The number of aliphatic carboxylic acids is 1. The second-order valence-electron chi connectivity index (χ2n) is 4.64. The molecule has 0 unspecified atom stereocenters. The Kier molecular flexibility index (Phi) is 4.23. The molecule has 0 spiro atoms. The van der Waals surface area contributed by atoms with Crippen LogP contribution >= 0.6 is 11.6 Å². The number of hydrogen-bond donors (Lipinski definition) is 1. The number of rotatable bonds is 4. The molecule has 0 bridgehead atoms. The highest BCUT2D eigenvalue weighted by atomic mass is 35.5. The van der Waals surface area contributed by atoms with Gasteiger partial charge in [0.15, 0.2) is 0 Å². The molecule has 2 nitrogen and oxygen atoms in total. The van der Waals surface area contributed by atoms with E-state index in [1.807, 2.05) is 31.2 Å². The first-order chi connectivity index (χ1) is 9.06. The molecular weight excluding hydrogens is 260 g/mol. The van der Waals surface area contributed by atoms with Gasteiger partial charge in [-0.25, -0.2) is 0 Å². The molecular formula is C16H15ClO2. The van der Waals surface area contributed by atoms with Crippen molar-refractivity contribution in [3.63, 3.8) is 0 Å². The van der Waals surface area contributed by atoms with Gasteiger partial charge in [0.2, 0.25) is 0 Å². The summed E-state index contributed by atoms with van der Waals surface area (Å²) in [5.74, 6) is -1.40. The van der Waals surface area contributed by atoms with Crippen LogP contribution in [0.2, 0.25) is 5.02 Å². The van der Waals surface area contributed by atoms with Gasteiger partial charge >= 0.3 is 5.97 Å². The first-order valence-corrected chi connectivity index (χ1v) is 6.48. The SMILES string of the molecule is Cc1ccc(C[C@H](C(=O)O)c2cccc(Cl)c2)cc1. The van der Waals surface area contributed by atoms with E-state index in [1.165, 1.54) is 5.56 Å². The molecule has 0 aliphatic carbocycles. The minimum atomic E-state index is -0.831. The Morgan fingerprint density at radius 3 is 2.47 bits per heavy atom. The summed E-state index contributed by atoms with van der Waals surface area (Å²) in [6, 6.07) is 15.0. The van der Waals surface area contributed by atoms with Crippen molar-refractivity contribution in [2.45, 2.75) is 19.3 Å². The summed E-state index contributed by atoms with van der Waals surface area (Å²) in [4.78, 5) is 11.4. The van der Waals surface area contributed by atoms with E-state index in [-0.39, 0.29) is 0 Å². The molecule has 1 N–H and O–H groups in total. The fourth-order valence-electron chi connectivity index (χ4n) is 2.03. The standard InChI is InChI=1S/C16H15ClO2/c1-11-5-7-12(8-6-11)9-15(16(18)19)13-3-2-4-14(17)10-13/h2-8,10,15H,9H2,1H3,(H,18,19)/t15-/m0/s1. The van der Waals surface area contributed by atoms with E-state index in [0.29, 0.717) is 11.4 Å². The van der Waals surface area contributed by atoms with Gasteiger partial charge in [0.1, 0.15) is 0 Å². The molecule has 1 atom stereocenters. The number of benzene rings is 2. The molecule has 0 aromatic heterocycles. The fraction of sp³-hybridized carbons (Fsp3) is 0.188. The van der Waals surface area contributed by atoms with Crippen LogP contribution in [0, 0.1) is 6.92 Å². The van der Waals surface area contributed by atoms with Gasteiger partial charge in [-0.05, 0) is 36.6 Å². The molecule has 2 rings (SSSR count). The van der Waals surface area contributed by atoms with E-state index < -0.39 is 11.9 Å². The fourth-order valence-corrected chi connectivity index (χ4v) is 2.23. The number of carboxylic acids is 1. The predicted octanol–water partition coefficient (Wildman–Crippen LogP) is 4.06. The average molecular weight is 275 g/mol. The lowest BCUT2D eigenvalue weighted by Crippen LogP contribution is -2.14. The Bertz CT molecular complexity index is 576. The van der Waals surface area contributed by atoms with Gasteiger partial charge in [-0.3, -0.25) is 4.79 Å². The van der Waals surface area contributed by atoms with Crippen molar-refractivity contribution in [2.75, 3.05) is 0 Å². The van der Waals surface area contributed by atoms with Crippen molar-refractivity contribution in [3.05, 3.63) is 70.2 Å². The molecule has 98 valence electrons. The average Bonchev–Trinajstić information content (AvgIpc) is 2.37. The zero-order valence-electron chi connectivity index (χ0n) is 10.6. The Hall–Kier alpha value is -1.80. The summed E-state index contributed by atoms with van der Waals surface area (Å²) in [6.45, 7) is 2.01. The monoisotopic (exact) mass is 274 g/mol. The third kappa shape index (κ3) is 3.58. The molecule has 0 saturated heterocycles. The van der Waals surface area contributed by atoms with E-state index in [9.17, 15) is 9.90 Å². The van der Waals surface area contributed by atoms with Crippen LogP contribution < -0.4 is 0 Å². The van der Waals surface area contributed by atoms with Gasteiger partial charge in [-0.2, -0.15) is 0 Å². The highest BCUT2D eigenvalue weighted by molar-refractivity contribution is 6.30. The summed E-state index contributed by atoms with van der Waals surface area (Å²) >= 11 is 5.92. The van der Waals surface area contributed by atoms with Crippen LogP contribution in [0.3, 0.4) is 0 Å². The van der Waals surface area contributed by atoms with Crippen LogP contribution in [0.15, 0.2) is 48.5 Å². The summed E-state index contributed by atoms with van der Waals surface area (Å²) in [7, 11) is 0. The lowest BCUT2D eigenvalue weighted by Gasteiger charge is -2.13. The molecule has 0 amide bonds. The van der Waals surface area contributed by atoms with Crippen LogP contribution in [-0.2, 0) is 11.2 Å². The molecule has 2 aromatic rings. The molecule has 19 heavy (non-hydrogen) atoms. The minimum Gasteiger partial charge on any atom is -0.481 e. The second kappa shape index (κ2) is 5.89. The van der Waals surface area contributed by atoms with Crippen LogP contribution in [-0.4, -0.2) is 11.1 Å². The Balaban J connectivity index is 2.26. The maximum Gasteiger partial charge on any atom is 0.311 e. The molecule has 0 aliphatic heterocycles. The number of aryl methyl sites for hydroxylation is 1. The molecule has 0 heterocycles. The van der Waals surface area contributed by atoms with Crippen LogP contribution in [0.5, 0.6) is 0 Å². The third-order valence-electron chi connectivity index (χ3n) is 3.11. The summed E-state index contributed by atoms with van der Waals surface area (Å²) < 4.78 is 0. The van der Waals surface area contributed by atoms with Crippen molar-refractivity contribution < 1.29 is 9.90 Å². The molecule has 0 fully saturated rings. The van der Waals surface area contributed by atoms with Crippen molar-refractivity contribution in [3.8, 4) is 0 Å². The summed E-state index contributed by atoms with van der Waals surface area (Å²) in [5, 5.41) is 9.95. The van der Waals surface area contributed by atoms with Crippen LogP contribution in [0.25, 0.3) is 0 Å². The predicted molar refractivity (Wildman–Crippen MR) is 76.7 cm³/mol. The molecule has 2 aromatic carbocycles. The van der Waals surface area contributed by atoms with Crippen molar-refractivity contribution in [1.82, 2.24) is 0 Å². The number of carboxylic acid groups (broad SMARTS) is 1. The molecule has 0 aliphatic rings. The topological polar surface area (TPSA) is 37.3 Å². The number of carbonyl (C=O) groups is 1. The third-order valence-corrected chi connectivity index (χ3v) is 3.34. The van der Waals surface area contributed by atoms with Gasteiger partial charge in [-0.15, -0.1) is 0 Å². The van der Waals surface area contributed by atoms with Gasteiger partial charge in [0, 0.05) is 5.02 Å². The quantitative estimate of drug-likeness (QED) is 0.913. The van der Waals surface area contributed by atoms with E-state index >= 15 is 0 Å². The van der Waals surface area contributed by atoms with E-state index in [4.69, 9.17) is 11.6 Å². The van der Waals surface area contributed by atoms with Crippen molar-refractivity contribution >= 4 is 17.6 Å². The van der Waals surface area contributed by atoms with Crippen LogP contribution in [0.1, 0.15) is 22.6 Å². The van der Waals surface area contributed by atoms with Gasteiger partial charge in [-0.1, -0.05) is 53.6 Å². The van der Waals surface area contributed by atoms with Gasteiger partial charge < -0.3 is 5.11 Å². The number of hydrogen-bond acceptors (Lipinski definition) is 1. The Morgan fingerprint density at radius 1 is 1.21 bits per heavy atom. The van der Waals surface area contributed by atoms with E-state index in [0.717, 1.165) is 11.1 Å². The Labute approximate surface area is 117 Å². The maximum absolute atomic E-state index is 11.4. The zero-order valence-corrected chi connectivity index (χ0v) is 11.4. The normalized spacial score (nSPS) is 12.1. The number of halogens is 1. The maximum atomic E-state index is 11.4. The minimum absolute atomic E-state index is 0.468. The Morgan fingerprint density at radius 2 is 1.89 bits per heavy atom.